The lowest BCUT2D eigenvalue weighted by Gasteiger charge is -2.16. The fraction of sp³-hybridized carbons (Fsp3) is 0.211. The summed E-state index contributed by atoms with van der Waals surface area (Å²) in [6.07, 6.45) is 0.612. The third kappa shape index (κ3) is 5.03. The first kappa shape index (κ1) is 18.4. The molecule has 134 valence electrons. The van der Waals surface area contributed by atoms with Gasteiger partial charge in [-0.15, -0.1) is 10.2 Å². The SMILES string of the molecule is CCC(Oc1ccccc1)C(=O)Nc1nnc(Cc2ccc(Cl)cc2)s1. The summed E-state index contributed by atoms with van der Waals surface area (Å²) in [6.45, 7) is 1.90. The van der Waals surface area contributed by atoms with Crippen LogP contribution in [0.1, 0.15) is 23.9 Å². The van der Waals surface area contributed by atoms with Crippen LogP contribution in [0.25, 0.3) is 0 Å². The van der Waals surface area contributed by atoms with Crippen LogP contribution in [0.5, 0.6) is 5.75 Å². The first-order valence-electron chi connectivity index (χ1n) is 8.23. The second kappa shape index (κ2) is 8.78. The number of ether oxygens (including phenoxy) is 1. The molecule has 2 aromatic carbocycles. The van der Waals surface area contributed by atoms with Gasteiger partial charge >= 0.3 is 0 Å². The maximum atomic E-state index is 12.4. The van der Waals surface area contributed by atoms with Crippen LogP contribution < -0.4 is 10.1 Å². The summed E-state index contributed by atoms with van der Waals surface area (Å²) in [5, 5.41) is 13.0. The molecule has 0 radical (unpaired) electrons. The number of rotatable bonds is 7. The van der Waals surface area contributed by atoms with Gasteiger partial charge in [-0.05, 0) is 36.2 Å². The van der Waals surface area contributed by atoms with E-state index in [9.17, 15) is 4.79 Å². The van der Waals surface area contributed by atoms with Crippen LogP contribution >= 0.6 is 22.9 Å². The summed E-state index contributed by atoms with van der Waals surface area (Å²) < 4.78 is 5.74. The molecule has 26 heavy (non-hydrogen) atoms. The number of hydrogen-bond donors (Lipinski definition) is 1. The number of hydrogen-bond acceptors (Lipinski definition) is 5. The van der Waals surface area contributed by atoms with Crippen molar-refractivity contribution < 1.29 is 9.53 Å². The molecule has 0 fully saturated rings. The number of nitrogens with one attached hydrogen (secondary N) is 1. The maximum Gasteiger partial charge on any atom is 0.267 e. The number of amides is 1. The zero-order valence-corrected chi connectivity index (χ0v) is 15.8. The second-order valence-corrected chi connectivity index (χ2v) is 7.12. The lowest BCUT2D eigenvalue weighted by atomic mass is 10.2. The van der Waals surface area contributed by atoms with Crippen molar-refractivity contribution in [1.29, 1.82) is 0 Å². The molecule has 0 aliphatic rings. The minimum atomic E-state index is -0.582. The van der Waals surface area contributed by atoms with Crippen molar-refractivity contribution in [2.24, 2.45) is 0 Å². The highest BCUT2D eigenvalue weighted by molar-refractivity contribution is 7.15. The Morgan fingerprint density at radius 3 is 2.58 bits per heavy atom. The van der Waals surface area contributed by atoms with E-state index in [4.69, 9.17) is 16.3 Å². The lowest BCUT2D eigenvalue weighted by Crippen LogP contribution is -2.32. The molecule has 0 aliphatic heterocycles. The van der Waals surface area contributed by atoms with Gasteiger partial charge < -0.3 is 4.74 Å². The largest absolute Gasteiger partial charge is 0.481 e. The molecule has 1 amide bonds. The van der Waals surface area contributed by atoms with E-state index in [1.165, 1.54) is 11.3 Å². The number of halogens is 1. The van der Waals surface area contributed by atoms with Crippen molar-refractivity contribution >= 4 is 34.0 Å². The van der Waals surface area contributed by atoms with Gasteiger partial charge in [-0.1, -0.05) is 60.2 Å². The Kier molecular flexibility index (Phi) is 6.20. The highest BCUT2D eigenvalue weighted by Gasteiger charge is 2.20. The zero-order chi connectivity index (χ0) is 18.4. The number of anilines is 1. The number of benzene rings is 2. The molecule has 0 saturated heterocycles. The Labute approximate surface area is 161 Å². The number of nitrogens with zero attached hydrogens (tertiary/aromatic N) is 2. The third-order valence-corrected chi connectivity index (χ3v) is 4.74. The molecule has 3 aromatic rings. The highest BCUT2D eigenvalue weighted by Crippen LogP contribution is 2.21. The molecule has 1 atom stereocenters. The molecule has 1 unspecified atom stereocenters. The maximum absolute atomic E-state index is 12.4. The van der Waals surface area contributed by atoms with E-state index in [1.54, 1.807) is 0 Å². The van der Waals surface area contributed by atoms with Crippen molar-refractivity contribution in [3.05, 3.63) is 70.2 Å². The van der Waals surface area contributed by atoms with Gasteiger partial charge in [0.15, 0.2) is 6.10 Å². The van der Waals surface area contributed by atoms with Crippen molar-refractivity contribution in [1.82, 2.24) is 10.2 Å². The number of aromatic nitrogens is 2. The van der Waals surface area contributed by atoms with Gasteiger partial charge in [0, 0.05) is 11.4 Å². The van der Waals surface area contributed by atoms with E-state index in [1.807, 2.05) is 61.5 Å². The molecule has 1 heterocycles. The topological polar surface area (TPSA) is 64.1 Å². The van der Waals surface area contributed by atoms with Crippen LogP contribution in [-0.2, 0) is 11.2 Å². The highest BCUT2D eigenvalue weighted by atomic mass is 35.5. The minimum absolute atomic E-state index is 0.231. The van der Waals surface area contributed by atoms with Crippen molar-refractivity contribution in [2.45, 2.75) is 25.9 Å². The Hall–Kier alpha value is -2.44. The lowest BCUT2D eigenvalue weighted by molar-refractivity contribution is -0.122. The van der Waals surface area contributed by atoms with E-state index in [0.717, 1.165) is 10.6 Å². The normalized spacial score (nSPS) is 11.8. The van der Waals surface area contributed by atoms with E-state index in [2.05, 4.69) is 15.5 Å². The van der Waals surface area contributed by atoms with Crippen molar-refractivity contribution in [2.75, 3.05) is 5.32 Å². The first-order valence-corrected chi connectivity index (χ1v) is 9.43. The van der Waals surface area contributed by atoms with Gasteiger partial charge in [-0.25, -0.2) is 0 Å². The van der Waals surface area contributed by atoms with Crippen molar-refractivity contribution in [3.8, 4) is 5.75 Å². The molecule has 3 rings (SSSR count). The Bertz CT molecular complexity index is 853. The summed E-state index contributed by atoms with van der Waals surface area (Å²) in [5.74, 6) is 0.431. The van der Waals surface area contributed by atoms with Gasteiger partial charge in [0.25, 0.3) is 5.91 Å². The Morgan fingerprint density at radius 2 is 1.88 bits per heavy atom. The van der Waals surface area contributed by atoms with E-state index in [-0.39, 0.29) is 5.91 Å². The van der Waals surface area contributed by atoms with E-state index < -0.39 is 6.10 Å². The van der Waals surface area contributed by atoms with Gasteiger partial charge in [-0.3, -0.25) is 10.1 Å². The Balaban J connectivity index is 1.60. The van der Waals surface area contributed by atoms with Crippen LogP contribution in [0, 0.1) is 0 Å². The van der Waals surface area contributed by atoms with Gasteiger partial charge in [0.2, 0.25) is 5.13 Å². The monoisotopic (exact) mass is 387 g/mol. The molecule has 1 aromatic heterocycles. The molecule has 7 heteroatoms. The molecule has 0 saturated carbocycles. The smallest absolute Gasteiger partial charge is 0.267 e. The molecule has 5 nitrogen and oxygen atoms in total. The van der Waals surface area contributed by atoms with E-state index >= 15 is 0 Å². The molecule has 1 N–H and O–H groups in total. The molecule has 0 aliphatic carbocycles. The number of carbonyl (C=O) groups is 1. The van der Waals surface area contributed by atoms with Gasteiger partial charge in [0.1, 0.15) is 10.8 Å². The summed E-state index contributed by atoms with van der Waals surface area (Å²) in [6, 6.07) is 16.9. The third-order valence-electron chi connectivity index (χ3n) is 3.65. The molecular formula is C19H18ClN3O2S. The van der Waals surface area contributed by atoms with Crippen molar-refractivity contribution in [3.63, 3.8) is 0 Å². The zero-order valence-electron chi connectivity index (χ0n) is 14.2. The summed E-state index contributed by atoms with van der Waals surface area (Å²) >= 11 is 7.24. The van der Waals surface area contributed by atoms with Crippen LogP contribution in [0.15, 0.2) is 54.6 Å². The molecule has 0 spiro atoms. The minimum Gasteiger partial charge on any atom is -0.481 e. The standard InChI is InChI=1S/C19H18ClN3O2S/c1-2-16(25-15-6-4-3-5-7-15)18(24)21-19-23-22-17(26-19)12-13-8-10-14(20)11-9-13/h3-11,16H,2,12H2,1H3,(H,21,23,24). The predicted octanol–water partition coefficient (Wildman–Crippen LogP) is 4.58. The van der Waals surface area contributed by atoms with Gasteiger partial charge in [-0.2, -0.15) is 0 Å². The quantitative estimate of drug-likeness (QED) is 0.644. The average molecular weight is 388 g/mol. The number of carbonyl (C=O) groups excluding carboxylic acids is 1. The molecular weight excluding hydrogens is 370 g/mol. The van der Waals surface area contributed by atoms with Crippen LogP contribution in [0.2, 0.25) is 5.02 Å². The summed E-state index contributed by atoms with van der Waals surface area (Å²) in [5.41, 5.74) is 1.09. The fourth-order valence-corrected chi connectivity index (χ4v) is 3.23. The van der Waals surface area contributed by atoms with E-state index in [0.29, 0.717) is 28.7 Å². The average Bonchev–Trinajstić information content (AvgIpc) is 3.09. The number of para-hydroxylation sites is 1. The van der Waals surface area contributed by atoms with Gasteiger partial charge in [0.05, 0.1) is 0 Å². The first-order chi connectivity index (χ1) is 12.6. The predicted molar refractivity (Wildman–Crippen MR) is 104 cm³/mol. The van der Waals surface area contributed by atoms with Crippen LogP contribution in [0.3, 0.4) is 0 Å². The summed E-state index contributed by atoms with van der Waals surface area (Å²) in [7, 11) is 0. The Morgan fingerprint density at radius 1 is 1.15 bits per heavy atom. The molecule has 0 bridgehead atoms. The van der Waals surface area contributed by atoms with Crippen LogP contribution in [-0.4, -0.2) is 22.2 Å². The fourth-order valence-electron chi connectivity index (χ4n) is 2.32. The summed E-state index contributed by atoms with van der Waals surface area (Å²) in [4.78, 5) is 12.4. The second-order valence-electron chi connectivity index (χ2n) is 5.62. The van der Waals surface area contributed by atoms with Crippen LogP contribution in [0.4, 0.5) is 5.13 Å².